The van der Waals surface area contributed by atoms with Gasteiger partial charge in [-0.25, -0.2) is 0 Å². The van der Waals surface area contributed by atoms with Gasteiger partial charge in [0.15, 0.2) is 0 Å². The average Bonchev–Trinajstić information content (AvgIpc) is 2.48. The van der Waals surface area contributed by atoms with Crippen molar-refractivity contribution < 1.29 is 0 Å². The lowest BCUT2D eigenvalue weighted by Gasteiger charge is -2.15. The highest BCUT2D eigenvalue weighted by Crippen LogP contribution is 2.02. The molecule has 0 aliphatic carbocycles. The molecule has 0 unspecified atom stereocenters. The summed E-state index contributed by atoms with van der Waals surface area (Å²) in [6.45, 7) is 6.55. The van der Waals surface area contributed by atoms with Crippen molar-refractivity contribution in [3.63, 3.8) is 0 Å². The van der Waals surface area contributed by atoms with E-state index in [-0.39, 0.29) is 0 Å². The molecule has 108 valence electrons. The summed E-state index contributed by atoms with van der Waals surface area (Å²) in [5, 5.41) is 0. The average molecular weight is 300 g/mol. The van der Waals surface area contributed by atoms with E-state index in [2.05, 4.69) is 93.6 Å². The van der Waals surface area contributed by atoms with Crippen molar-refractivity contribution in [2.24, 2.45) is 0 Å². The molecule has 1 heteroatoms. The van der Waals surface area contributed by atoms with Gasteiger partial charge in [0, 0.05) is 0 Å². The quantitative estimate of drug-likeness (QED) is 0.652. The second-order valence-electron chi connectivity index (χ2n) is 6.18. The number of hydrogen-bond acceptors (Lipinski definition) is 0. The number of aryl methyl sites for hydroxylation is 3. The largest absolute Gasteiger partial charge is 0.383 e. The maximum Gasteiger partial charge on any atom is 0.383 e. The van der Waals surface area contributed by atoms with E-state index in [1.807, 2.05) is 0 Å². The SMILES string of the molecule is Cc1ccc[c]([Al]([c]2cccc(C)c2)[c]2cccc(C)c2)c1. The maximum absolute atomic E-state index is 2.36. The minimum atomic E-state index is -1.39. The molecular formula is C21H21Al. The summed E-state index contributed by atoms with van der Waals surface area (Å²) in [4.78, 5) is 0. The van der Waals surface area contributed by atoms with E-state index in [9.17, 15) is 0 Å². The van der Waals surface area contributed by atoms with E-state index < -0.39 is 14.1 Å². The molecule has 0 saturated carbocycles. The Morgan fingerprint density at radius 1 is 0.500 bits per heavy atom. The van der Waals surface area contributed by atoms with Crippen molar-refractivity contribution in [1.82, 2.24) is 0 Å². The van der Waals surface area contributed by atoms with Gasteiger partial charge in [-0.2, -0.15) is 0 Å². The highest BCUT2D eigenvalue weighted by molar-refractivity contribution is 6.95. The van der Waals surface area contributed by atoms with Crippen LogP contribution in [0, 0.1) is 20.8 Å². The van der Waals surface area contributed by atoms with Gasteiger partial charge in [0.25, 0.3) is 0 Å². The Morgan fingerprint density at radius 2 is 0.818 bits per heavy atom. The van der Waals surface area contributed by atoms with E-state index in [0.29, 0.717) is 0 Å². The Kier molecular flexibility index (Phi) is 4.48. The second-order valence-corrected chi connectivity index (χ2v) is 9.04. The monoisotopic (exact) mass is 300 g/mol. The highest BCUT2D eigenvalue weighted by atomic mass is 27.2. The lowest BCUT2D eigenvalue weighted by atomic mass is 10.2. The standard InChI is InChI=1S/3C7H7.Al/c3*1-7-5-3-2-4-6-7;/h3*2-3,5-6H,1H3;. The molecular weight excluding hydrogens is 279 g/mol. The van der Waals surface area contributed by atoms with Crippen LogP contribution < -0.4 is 13.3 Å². The molecule has 0 aromatic heterocycles. The lowest BCUT2D eigenvalue weighted by molar-refractivity contribution is 1.48. The van der Waals surface area contributed by atoms with Crippen LogP contribution in [-0.2, 0) is 0 Å². The van der Waals surface area contributed by atoms with E-state index in [1.165, 1.54) is 30.0 Å². The molecule has 3 rings (SSSR count). The fraction of sp³-hybridized carbons (Fsp3) is 0.143. The molecule has 0 bridgehead atoms. The zero-order chi connectivity index (χ0) is 15.5. The molecule has 0 radical (unpaired) electrons. The van der Waals surface area contributed by atoms with Gasteiger partial charge < -0.3 is 0 Å². The summed E-state index contributed by atoms with van der Waals surface area (Å²) >= 11 is -1.39. The summed E-state index contributed by atoms with van der Waals surface area (Å²) in [5.74, 6) is 0. The zero-order valence-electron chi connectivity index (χ0n) is 13.5. The van der Waals surface area contributed by atoms with Crippen LogP contribution in [0.15, 0.2) is 72.8 Å². The van der Waals surface area contributed by atoms with Gasteiger partial charge >= 0.3 is 14.1 Å². The molecule has 0 fully saturated rings. The topological polar surface area (TPSA) is 0 Å². The minimum Gasteiger partial charge on any atom is -0.0983 e. The molecule has 0 N–H and O–H groups in total. The van der Waals surface area contributed by atoms with Crippen LogP contribution in [0.4, 0.5) is 0 Å². The van der Waals surface area contributed by atoms with E-state index in [0.717, 1.165) is 0 Å². The minimum absolute atomic E-state index is 1.34. The second kappa shape index (κ2) is 6.53. The molecule has 0 saturated heterocycles. The van der Waals surface area contributed by atoms with Crippen molar-refractivity contribution in [2.45, 2.75) is 20.8 Å². The predicted octanol–water partition coefficient (Wildman–Crippen LogP) is 3.13. The number of hydrogen-bond donors (Lipinski definition) is 0. The van der Waals surface area contributed by atoms with Crippen molar-refractivity contribution in [2.75, 3.05) is 0 Å². The molecule has 0 aliphatic rings. The van der Waals surface area contributed by atoms with Crippen LogP contribution in [0.2, 0.25) is 0 Å². The number of benzene rings is 3. The maximum atomic E-state index is 2.36. The summed E-state index contributed by atoms with van der Waals surface area (Å²) in [5.41, 5.74) is 4.03. The normalized spacial score (nSPS) is 10.5. The van der Waals surface area contributed by atoms with Crippen molar-refractivity contribution in [3.05, 3.63) is 89.5 Å². The Morgan fingerprint density at radius 3 is 1.09 bits per heavy atom. The highest BCUT2D eigenvalue weighted by Gasteiger charge is 2.25. The molecule has 0 heterocycles. The fourth-order valence-corrected chi connectivity index (χ4v) is 6.48. The van der Waals surface area contributed by atoms with Crippen LogP contribution in [0.1, 0.15) is 16.7 Å². The number of rotatable bonds is 3. The molecule has 0 amide bonds. The fourth-order valence-electron chi connectivity index (χ4n) is 3.13. The smallest absolute Gasteiger partial charge is 0.0983 e. The molecule has 3 aromatic carbocycles. The van der Waals surface area contributed by atoms with Gasteiger partial charge in [-0.3, -0.25) is 0 Å². The van der Waals surface area contributed by atoms with Crippen molar-refractivity contribution in [1.29, 1.82) is 0 Å². The Labute approximate surface area is 137 Å². The van der Waals surface area contributed by atoms with Crippen LogP contribution in [0.3, 0.4) is 0 Å². The van der Waals surface area contributed by atoms with Crippen molar-refractivity contribution >= 4 is 27.4 Å². The van der Waals surface area contributed by atoms with Crippen LogP contribution in [0.5, 0.6) is 0 Å². The first-order valence-corrected chi connectivity index (χ1v) is 9.56. The lowest BCUT2D eigenvalue weighted by Crippen LogP contribution is -2.52. The van der Waals surface area contributed by atoms with Crippen LogP contribution in [-0.4, -0.2) is 14.1 Å². The van der Waals surface area contributed by atoms with Gasteiger partial charge in [-0.05, 0) is 20.8 Å². The Balaban J connectivity index is 2.18. The molecule has 0 spiro atoms. The van der Waals surface area contributed by atoms with Gasteiger partial charge in [-0.1, -0.05) is 103 Å². The first-order chi connectivity index (χ1) is 10.6. The molecule has 0 atom stereocenters. The summed E-state index contributed by atoms with van der Waals surface area (Å²) < 4.78 is 4.49. The molecule has 0 aliphatic heterocycles. The molecule has 3 aromatic rings. The van der Waals surface area contributed by atoms with Gasteiger partial charge in [0.1, 0.15) is 0 Å². The third kappa shape index (κ3) is 3.33. The predicted molar refractivity (Wildman–Crippen MR) is 98.2 cm³/mol. The Hall–Kier alpha value is -1.81. The third-order valence-corrected chi connectivity index (χ3v) is 7.20. The van der Waals surface area contributed by atoms with Crippen LogP contribution in [0.25, 0.3) is 0 Å². The van der Waals surface area contributed by atoms with Gasteiger partial charge in [0.05, 0.1) is 0 Å². The van der Waals surface area contributed by atoms with E-state index in [4.69, 9.17) is 0 Å². The van der Waals surface area contributed by atoms with Gasteiger partial charge in [0.2, 0.25) is 0 Å². The summed E-state index contributed by atoms with van der Waals surface area (Å²) in [7, 11) is 0. The van der Waals surface area contributed by atoms with Gasteiger partial charge in [-0.15, -0.1) is 0 Å². The third-order valence-electron chi connectivity index (χ3n) is 4.13. The summed E-state index contributed by atoms with van der Waals surface area (Å²) in [6.07, 6.45) is 0. The Bertz CT molecular complexity index is 681. The first-order valence-electron chi connectivity index (χ1n) is 7.83. The van der Waals surface area contributed by atoms with Crippen LogP contribution >= 0.6 is 0 Å². The van der Waals surface area contributed by atoms with E-state index >= 15 is 0 Å². The van der Waals surface area contributed by atoms with E-state index in [1.54, 1.807) is 0 Å². The first kappa shape index (κ1) is 15.1. The van der Waals surface area contributed by atoms with Crippen molar-refractivity contribution in [3.8, 4) is 0 Å². The molecule has 22 heavy (non-hydrogen) atoms. The summed E-state index contributed by atoms with van der Waals surface area (Å²) in [6, 6.07) is 27.1. The molecule has 0 nitrogen and oxygen atoms in total. The zero-order valence-corrected chi connectivity index (χ0v) is 14.7.